The second kappa shape index (κ2) is 11.8. The molecule has 1 saturated heterocycles. The van der Waals surface area contributed by atoms with Crippen LogP contribution in [0.4, 0.5) is 23.2 Å². The Bertz CT molecular complexity index is 1730. The smallest absolute Gasteiger partial charge is 0.331 e. The van der Waals surface area contributed by atoms with Gasteiger partial charge in [-0.25, -0.2) is 0 Å². The van der Waals surface area contributed by atoms with Crippen molar-refractivity contribution in [2.75, 3.05) is 31.2 Å². The van der Waals surface area contributed by atoms with Crippen LogP contribution in [0.1, 0.15) is 71.5 Å². The van der Waals surface area contributed by atoms with Crippen LogP contribution in [0.2, 0.25) is 0 Å². The largest absolute Gasteiger partial charge is 0.416 e. The first-order valence-electron chi connectivity index (χ1n) is 15.4. The van der Waals surface area contributed by atoms with Crippen molar-refractivity contribution in [2.45, 2.75) is 57.8 Å². The zero-order chi connectivity index (χ0) is 32.9. The minimum atomic E-state index is -4.68. The summed E-state index contributed by atoms with van der Waals surface area (Å²) >= 11 is 0. The highest BCUT2D eigenvalue weighted by molar-refractivity contribution is 6.10. The van der Waals surface area contributed by atoms with Crippen molar-refractivity contribution < 1.29 is 27.2 Å². The number of likely N-dealkylation sites (tertiary alicyclic amines) is 1. The first-order valence-corrected chi connectivity index (χ1v) is 15.4. The first-order chi connectivity index (χ1) is 21.9. The molecule has 1 aliphatic carbocycles. The number of carbonyl (C=O) groups is 2. The Morgan fingerprint density at radius 2 is 1.98 bits per heavy atom. The number of nitrogens with one attached hydrogen (secondary N) is 1. The molecule has 6 rings (SSSR count). The molecule has 1 saturated carbocycles. The van der Waals surface area contributed by atoms with Gasteiger partial charge >= 0.3 is 6.18 Å². The Hall–Kier alpha value is -4.24. The van der Waals surface area contributed by atoms with Gasteiger partial charge in [-0.05, 0) is 79.0 Å². The van der Waals surface area contributed by atoms with Gasteiger partial charge < -0.3 is 19.7 Å². The molecular weight excluding hydrogens is 600 g/mol. The van der Waals surface area contributed by atoms with E-state index in [0.29, 0.717) is 24.6 Å². The lowest BCUT2D eigenvalue weighted by Crippen LogP contribution is -2.43. The summed E-state index contributed by atoms with van der Waals surface area (Å²) in [5.74, 6) is 5.43. The number of benzene rings is 2. The highest BCUT2D eigenvalue weighted by atomic mass is 19.4. The van der Waals surface area contributed by atoms with Gasteiger partial charge in [0.1, 0.15) is 12.2 Å². The maximum Gasteiger partial charge on any atom is 0.416 e. The van der Waals surface area contributed by atoms with Gasteiger partial charge in [0.25, 0.3) is 11.8 Å². The standard InChI is InChI=1S/C34H36F4N6O2/c1-4-6-29(45)43-10-9-32(18-35,20-43)19-39-16-23-11-26-27(28(12-23)34(36,37)38)17-44(30(26)46)25-8-5-7-24(13-25)33(14-22(2)15-33)31-41-40-21-42(31)3/h5,7-8,11-13,21-22,39H,9-10,14-20H2,1-3H3/t22?,32-,33?/m1/s1. The van der Waals surface area contributed by atoms with Crippen LogP contribution in [0, 0.1) is 23.2 Å². The molecule has 1 aromatic heterocycles. The van der Waals surface area contributed by atoms with E-state index < -0.39 is 35.2 Å². The van der Waals surface area contributed by atoms with Crippen molar-refractivity contribution in [1.29, 1.82) is 0 Å². The number of alkyl halides is 4. The number of hydrogen-bond acceptors (Lipinski definition) is 5. The highest BCUT2D eigenvalue weighted by Crippen LogP contribution is 2.52. The van der Waals surface area contributed by atoms with Crippen LogP contribution in [-0.4, -0.2) is 57.8 Å². The number of carbonyl (C=O) groups excluding carboxylic acids is 2. The second-order valence-electron chi connectivity index (χ2n) is 13.1. The summed E-state index contributed by atoms with van der Waals surface area (Å²) in [6, 6.07) is 10.0. The molecule has 1 atom stereocenters. The first kappa shape index (κ1) is 31.7. The fourth-order valence-electron chi connectivity index (χ4n) is 7.46. The number of aryl methyl sites for hydroxylation is 1. The van der Waals surface area contributed by atoms with Crippen LogP contribution < -0.4 is 10.2 Å². The number of fused-ring (bicyclic) bond motifs is 1. The summed E-state index contributed by atoms with van der Waals surface area (Å²) in [5.41, 5.74) is -0.416. The van der Waals surface area contributed by atoms with Gasteiger partial charge in [0.2, 0.25) is 0 Å². The van der Waals surface area contributed by atoms with Crippen LogP contribution in [0.25, 0.3) is 0 Å². The van der Waals surface area contributed by atoms with Crippen molar-refractivity contribution in [1.82, 2.24) is 25.0 Å². The van der Waals surface area contributed by atoms with E-state index in [9.17, 15) is 27.2 Å². The molecule has 3 aliphatic rings. The summed E-state index contributed by atoms with van der Waals surface area (Å²) in [6.07, 6.45) is -0.927. The van der Waals surface area contributed by atoms with Crippen molar-refractivity contribution in [3.8, 4) is 11.8 Å². The summed E-state index contributed by atoms with van der Waals surface area (Å²) in [6.45, 7) is 3.51. The zero-order valence-electron chi connectivity index (χ0n) is 26.0. The van der Waals surface area contributed by atoms with Gasteiger partial charge in [-0.3, -0.25) is 14.0 Å². The lowest BCUT2D eigenvalue weighted by atomic mass is 9.58. The second-order valence-corrected chi connectivity index (χ2v) is 13.1. The monoisotopic (exact) mass is 636 g/mol. The predicted molar refractivity (Wildman–Crippen MR) is 163 cm³/mol. The minimum absolute atomic E-state index is 0.00198. The van der Waals surface area contributed by atoms with Crippen molar-refractivity contribution in [2.24, 2.45) is 18.4 Å². The van der Waals surface area contributed by atoms with Gasteiger partial charge in [0.05, 0.1) is 24.2 Å². The summed E-state index contributed by atoms with van der Waals surface area (Å²) in [5, 5.41) is 11.5. The Morgan fingerprint density at radius 1 is 1.20 bits per heavy atom. The van der Waals surface area contributed by atoms with Crippen molar-refractivity contribution >= 4 is 17.5 Å². The normalized spacial score (nSPS) is 24.1. The molecule has 3 aromatic rings. The van der Waals surface area contributed by atoms with Crippen LogP contribution >= 0.6 is 0 Å². The number of nitrogens with zero attached hydrogens (tertiary/aromatic N) is 5. The van der Waals surface area contributed by atoms with E-state index in [1.165, 1.54) is 15.9 Å². The van der Waals surface area contributed by atoms with E-state index in [0.717, 1.165) is 30.3 Å². The van der Waals surface area contributed by atoms with E-state index in [1.807, 2.05) is 29.8 Å². The van der Waals surface area contributed by atoms with E-state index in [-0.39, 0.29) is 48.8 Å². The van der Waals surface area contributed by atoms with Crippen molar-refractivity contribution in [3.63, 3.8) is 0 Å². The topological polar surface area (TPSA) is 83.4 Å². The van der Waals surface area contributed by atoms with E-state index >= 15 is 0 Å². The van der Waals surface area contributed by atoms with E-state index in [4.69, 9.17) is 0 Å². The third kappa shape index (κ3) is 5.55. The Balaban J connectivity index is 1.24. The Kier molecular flexibility index (Phi) is 8.17. The van der Waals surface area contributed by atoms with Gasteiger partial charge in [-0.1, -0.05) is 25.0 Å². The number of amides is 2. The van der Waals surface area contributed by atoms with Crippen LogP contribution in [0.5, 0.6) is 0 Å². The number of aromatic nitrogens is 3. The molecule has 242 valence electrons. The van der Waals surface area contributed by atoms with Gasteiger partial charge in [-0.15, -0.1) is 10.2 Å². The molecule has 2 fully saturated rings. The minimum Gasteiger partial charge on any atom is -0.331 e. The van der Waals surface area contributed by atoms with E-state index in [1.54, 1.807) is 19.3 Å². The Labute approximate surface area is 265 Å². The van der Waals surface area contributed by atoms with Gasteiger partial charge in [0, 0.05) is 49.9 Å². The molecule has 2 aromatic carbocycles. The molecule has 2 aliphatic heterocycles. The molecular formula is C34H36F4N6O2. The molecule has 1 N–H and O–H groups in total. The number of halogens is 4. The Morgan fingerprint density at radius 3 is 2.63 bits per heavy atom. The molecule has 46 heavy (non-hydrogen) atoms. The maximum atomic E-state index is 14.4. The zero-order valence-corrected chi connectivity index (χ0v) is 26.0. The fraction of sp³-hybridized carbons (Fsp3) is 0.471. The summed E-state index contributed by atoms with van der Waals surface area (Å²) < 4.78 is 59.2. The third-order valence-corrected chi connectivity index (χ3v) is 9.72. The molecule has 3 heterocycles. The molecule has 8 nitrogen and oxygen atoms in total. The van der Waals surface area contributed by atoms with Gasteiger partial charge in [0.15, 0.2) is 0 Å². The third-order valence-electron chi connectivity index (χ3n) is 9.72. The molecule has 0 radical (unpaired) electrons. The SMILES string of the molecule is CC#CC(=O)N1CC[C@@](CF)(CNCc2cc3c(c(C(F)(F)F)c2)CN(c2cccc(C4(c5nncn5C)CC(C)C4)c2)C3=O)C1. The summed E-state index contributed by atoms with van der Waals surface area (Å²) in [7, 11) is 1.89. The number of anilines is 1. The molecule has 12 heteroatoms. The number of rotatable bonds is 8. The molecule has 0 bridgehead atoms. The van der Waals surface area contributed by atoms with Crippen LogP contribution in [0.3, 0.4) is 0 Å². The fourth-order valence-corrected chi connectivity index (χ4v) is 7.46. The average molecular weight is 637 g/mol. The van der Waals surface area contributed by atoms with Crippen LogP contribution in [-0.2, 0) is 36.5 Å². The molecule has 2 amide bonds. The molecule has 0 spiro atoms. The quantitative estimate of drug-likeness (QED) is 0.278. The van der Waals surface area contributed by atoms with E-state index in [2.05, 4.69) is 34.3 Å². The lowest BCUT2D eigenvalue weighted by Gasteiger charge is -2.46. The summed E-state index contributed by atoms with van der Waals surface area (Å²) in [4.78, 5) is 28.8. The number of hydrogen-bond donors (Lipinski definition) is 1. The predicted octanol–water partition coefficient (Wildman–Crippen LogP) is 5.01. The maximum absolute atomic E-state index is 14.4. The van der Waals surface area contributed by atoms with Crippen molar-refractivity contribution in [3.05, 3.63) is 76.4 Å². The molecule has 0 unspecified atom stereocenters. The van der Waals surface area contributed by atoms with Crippen LogP contribution in [0.15, 0.2) is 42.7 Å². The van der Waals surface area contributed by atoms with Gasteiger partial charge in [-0.2, -0.15) is 13.2 Å². The average Bonchev–Trinajstić information content (AvgIpc) is 3.73. The lowest BCUT2D eigenvalue weighted by molar-refractivity contribution is -0.138. The highest BCUT2D eigenvalue weighted by Gasteiger charge is 2.49.